The van der Waals surface area contributed by atoms with E-state index < -0.39 is 0 Å². The third-order valence-electron chi connectivity index (χ3n) is 3.46. The molecule has 1 N–H and O–H groups in total. The minimum atomic E-state index is -0.351. The highest BCUT2D eigenvalue weighted by atomic mass is 16.5. The molecule has 120 valence electrons. The molecule has 0 bridgehead atoms. The lowest BCUT2D eigenvalue weighted by Crippen LogP contribution is -2.09. The molecule has 0 fully saturated rings. The van der Waals surface area contributed by atoms with Crippen LogP contribution in [0.15, 0.2) is 70.1 Å². The summed E-state index contributed by atoms with van der Waals surface area (Å²) in [6.07, 6.45) is 4.08. The van der Waals surface area contributed by atoms with E-state index in [-0.39, 0.29) is 11.3 Å². The van der Waals surface area contributed by atoms with E-state index in [1.165, 1.54) is 18.4 Å². The second-order valence-electron chi connectivity index (χ2n) is 5.07. The van der Waals surface area contributed by atoms with Crippen molar-refractivity contribution in [1.82, 2.24) is 0 Å². The van der Waals surface area contributed by atoms with Crippen LogP contribution in [0.25, 0.3) is 17.0 Å². The van der Waals surface area contributed by atoms with Crippen LogP contribution < -0.4 is 15.5 Å². The van der Waals surface area contributed by atoms with Crippen LogP contribution >= 0.6 is 0 Å². The number of hydrogen-bond acceptors (Lipinski definition) is 4. The molecule has 0 aliphatic heterocycles. The van der Waals surface area contributed by atoms with Crippen LogP contribution in [-0.4, -0.2) is 13.0 Å². The molecular weight excluding hydrogens is 306 g/mol. The lowest BCUT2D eigenvalue weighted by Gasteiger charge is -2.04. The van der Waals surface area contributed by atoms with Gasteiger partial charge in [-0.25, -0.2) is 0 Å². The van der Waals surface area contributed by atoms with Crippen molar-refractivity contribution in [2.24, 2.45) is 0 Å². The molecule has 3 aromatic rings. The Bertz CT molecular complexity index is 972. The number of hydrogen-bond donors (Lipinski definition) is 1. The lowest BCUT2D eigenvalue weighted by atomic mass is 10.1. The predicted molar refractivity (Wildman–Crippen MR) is 93.1 cm³/mol. The monoisotopic (exact) mass is 321 g/mol. The highest BCUT2D eigenvalue weighted by molar-refractivity contribution is 6.02. The molecule has 0 atom stereocenters. The Morgan fingerprint density at radius 1 is 1.17 bits per heavy atom. The highest BCUT2D eigenvalue weighted by Crippen LogP contribution is 2.16. The minimum absolute atomic E-state index is 0.178. The zero-order chi connectivity index (χ0) is 16.9. The maximum Gasteiger partial charge on any atom is 0.248 e. The van der Waals surface area contributed by atoms with E-state index >= 15 is 0 Å². The van der Waals surface area contributed by atoms with Gasteiger partial charge in [0.2, 0.25) is 5.91 Å². The number of methoxy groups -OCH3 is 1. The van der Waals surface area contributed by atoms with E-state index in [1.54, 1.807) is 55.6 Å². The molecule has 1 amide bonds. The van der Waals surface area contributed by atoms with Gasteiger partial charge in [0, 0.05) is 17.8 Å². The average Bonchev–Trinajstić information content (AvgIpc) is 2.61. The summed E-state index contributed by atoms with van der Waals surface area (Å²) in [7, 11) is 1.56. The van der Waals surface area contributed by atoms with E-state index in [1.807, 2.05) is 0 Å². The summed E-state index contributed by atoms with van der Waals surface area (Å²) in [5.41, 5.74) is 1.26. The zero-order valence-corrected chi connectivity index (χ0v) is 13.0. The predicted octanol–water partition coefficient (Wildman–Crippen LogP) is 3.45. The Hall–Kier alpha value is -3.34. The van der Waals surface area contributed by atoms with Gasteiger partial charge in [0.1, 0.15) is 17.6 Å². The Morgan fingerprint density at radius 3 is 2.83 bits per heavy atom. The van der Waals surface area contributed by atoms with Crippen molar-refractivity contribution in [3.8, 4) is 5.75 Å². The molecule has 0 spiro atoms. The standard InChI is InChI=1S/C19H15NO4/c1-23-15-6-4-5-14(11-15)20-18(21)10-9-13-12-24-17-8-3-2-7-16(17)19(13)22/h2-12H,1H3,(H,20,21)/b10-9+. The van der Waals surface area contributed by atoms with Crippen LogP contribution in [0.1, 0.15) is 5.56 Å². The largest absolute Gasteiger partial charge is 0.497 e. The van der Waals surface area contributed by atoms with Crippen molar-refractivity contribution in [3.05, 3.63) is 76.7 Å². The fourth-order valence-corrected chi connectivity index (χ4v) is 2.26. The summed E-state index contributed by atoms with van der Waals surface area (Å²) in [5, 5.41) is 3.18. The molecule has 5 nitrogen and oxygen atoms in total. The molecule has 0 saturated heterocycles. The van der Waals surface area contributed by atoms with Gasteiger partial charge in [-0.3, -0.25) is 9.59 Å². The second-order valence-corrected chi connectivity index (χ2v) is 5.07. The topological polar surface area (TPSA) is 68.5 Å². The van der Waals surface area contributed by atoms with Crippen LogP contribution in [0.4, 0.5) is 5.69 Å². The van der Waals surface area contributed by atoms with Gasteiger partial charge in [0.05, 0.1) is 18.1 Å². The van der Waals surface area contributed by atoms with Gasteiger partial charge >= 0.3 is 0 Å². The van der Waals surface area contributed by atoms with E-state index in [9.17, 15) is 9.59 Å². The number of anilines is 1. The van der Waals surface area contributed by atoms with E-state index in [0.717, 1.165) is 0 Å². The van der Waals surface area contributed by atoms with Crippen LogP contribution in [0.2, 0.25) is 0 Å². The summed E-state index contributed by atoms with van der Waals surface area (Å²) in [6.45, 7) is 0. The van der Waals surface area contributed by atoms with Gasteiger partial charge in [0.25, 0.3) is 0 Å². The number of ether oxygens (including phenoxy) is 1. The summed E-state index contributed by atoms with van der Waals surface area (Å²) < 4.78 is 10.5. The number of carbonyl (C=O) groups is 1. The van der Waals surface area contributed by atoms with Crippen LogP contribution in [0.3, 0.4) is 0 Å². The van der Waals surface area contributed by atoms with Crippen molar-refractivity contribution in [2.75, 3.05) is 12.4 Å². The lowest BCUT2D eigenvalue weighted by molar-refractivity contribution is -0.111. The Kier molecular flexibility index (Phi) is 4.43. The summed E-state index contributed by atoms with van der Waals surface area (Å²) in [5.74, 6) is 0.294. The number of rotatable bonds is 4. The van der Waals surface area contributed by atoms with Gasteiger partial charge in [0.15, 0.2) is 5.43 Å². The van der Waals surface area contributed by atoms with Crippen LogP contribution in [0.5, 0.6) is 5.75 Å². The number of benzene rings is 2. The number of fused-ring (bicyclic) bond motifs is 1. The smallest absolute Gasteiger partial charge is 0.248 e. The number of nitrogens with one attached hydrogen (secondary N) is 1. The molecule has 0 saturated carbocycles. The Labute approximate surface area is 138 Å². The molecule has 0 aliphatic rings. The fraction of sp³-hybridized carbons (Fsp3) is 0.0526. The summed E-state index contributed by atoms with van der Waals surface area (Å²) >= 11 is 0. The van der Waals surface area contributed by atoms with E-state index in [0.29, 0.717) is 28.0 Å². The Balaban J connectivity index is 1.79. The Morgan fingerprint density at radius 2 is 2.00 bits per heavy atom. The molecule has 0 aliphatic carbocycles. The molecule has 5 heteroatoms. The normalized spacial score (nSPS) is 10.9. The van der Waals surface area contributed by atoms with Gasteiger partial charge in [-0.15, -0.1) is 0 Å². The van der Waals surface area contributed by atoms with E-state index in [4.69, 9.17) is 9.15 Å². The zero-order valence-electron chi connectivity index (χ0n) is 13.0. The first kappa shape index (κ1) is 15.6. The van der Waals surface area contributed by atoms with Crippen molar-refractivity contribution in [2.45, 2.75) is 0 Å². The molecule has 0 radical (unpaired) electrons. The second kappa shape index (κ2) is 6.83. The fourth-order valence-electron chi connectivity index (χ4n) is 2.26. The third-order valence-corrected chi connectivity index (χ3v) is 3.46. The first-order valence-corrected chi connectivity index (χ1v) is 7.31. The van der Waals surface area contributed by atoms with Crippen molar-refractivity contribution in [3.63, 3.8) is 0 Å². The van der Waals surface area contributed by atoms with Crippen molar-refractivity contribution >= 4 is 28.6 Å². The van der Waals surface area contributed by atoms with Gasteiger partial charge in [-0.1, -0.05) is 18.2 Å². The molecule has 3 rings (SSSR count). The van der Waals surface area contributed by atoms with Gasteiger partial charge in [-0.2, -0.15) is 0 Å². The number of para-hydroxylation sites is 1. The minimum Gasteiger partial charge on any atom is -0.497 e. The number of amides is 1. The third kappa shape index (κ3) is 3.35. The molecular formula is C19H15NO4. The highest BCUT2D eigenvalue weighted by Gasteiger charge is 2.05. The first-order valence-electron chi connectivity index (χ1n) is 7.31. The van der Waals surface area contributed by atoms with Crippen molar-refractivity contribution in [1.29, 1.82) is 0 Å². The van der Waals surface area contributed by atoms with Gasteiger partial charge < -0.3 is 14.5 Å². The molecule has 24 heavy (non-hydrogen) atoms. The summed E-state index contributed by atoms with van der Waals surface area (Å²) in [4.78, 5) is 24.3. The average molecular weight is 321 g/mol. The maximum absolute atomic E-state index is 12.3. The summed E-state index contributed by atoms with van der Waals surface area (Å²) in [6, 6.07) is 14.0. The molecule has 1 aromatic heterocycles. The SMILES string of the molecule is COc1cccc(NC(=O)/C=C/c2coc3ccccc3c2=O)c1. The van der Waals surface area contributed by atoms with E-state index in [2.05, 4.69) is 5.32 Å². The van der Waals surface area contributed by atoms with Crippen LogP contribution in [-0.2, 0) is 4.79 Å². The molecule has 1 heterocycles. The quantitative estimate of drug-likeness (QED) is 0.747. The van der Waals surface area contributed by atoms with Crippen molar-refractivity contribution < 1.29 is 13.9 Å². The maximum atomic E-state index is 12.3. The molecule has 0 unspecified atom stereocenters. The first-order chi connectivity index (χ1) is 11.7. The molecule has 2 aromatic carbocycles. The number of carbonyl (C=O) groups excluding carboxylic acids is 1. The van der Waals surface area contributed by atoms with Crippen LogP contribution in [0, 0.1) is 0 Å². The van der Waals surface area contributed by atoms with Gasteiger partial charge in [-0.05, 0) is 30.3 Å².